The van der Waals surface area contributed by atoms with Crippen molar-refractivity contribution in [2.24, 2.45) is 0 Å². The lowest BCUT2D eigenvalue weighted by Crippen LogP contribution is -2.05. The fraction of sp³-hybridized carbons (Fsp3) is 0. The minimum absolute atomic E-state index is 0.0810. The van der Waals surface area contributed by atoms with Gasteiger partial charge >= 0.3 is 5.97 Å². The number of aromatic carboxylic acids is 1. The Kier molecular flexibility index (Phi) is 3.15. The maximum atomic E-state index is 11.3. The van der Waals surface area contributed by atoms with Crippen LogP contribution in [0.1, 0.15) is 20.7 Å². The van der Waals surface area contributed by atoms with E-state index in [4.69, 9.17) is 11.5 Å². The third-order valence-corrected chi connectivity index (χ3v) is 2.61. The van der Waals surface area contributed by atoms with Crippen molar-refractivity contribution in [3.63, 3.8) is 0 Å². The van der Waals surface area contributed by atoms with E-state index < -0.39 is 5.97 Å². The van der Waals surface area contributed by atoms with Crippen molar-refractivity contribution in [2.45, 2.75) is 0 Å². The van der Waals surface area contributed by atoms with Crippen molar-refractivity contribution in [2.75, 3.05) is 11.5 Å². The van der Waals surface area contributed by atoms with E-state index in [9.17, 15) is 14.7 Å². The third kappa shape index (κ3) is 2.37. The molecule has 19 heavy (non-hydrogen) atoms. The molecule has 5 N–H and O–H groups in total. The molecule has 6 heteroatoms. The number of aromatic nitrogens is 1. The van der Waals surface area contributed by atoms with E-state index in [1.807, 2.05) is 0 Å². The van der Waals surface area contributed by atoms with E-state index in [0.29, 0.717) is 17.4 Å². The number of nitrogen functional groups attached to an aromatic ring is 2. The van der Waals surface area contributed by atoms with Gasteiger partial charge in [-0.3, -0.25) is 4.79 Å². The lowest BCUT2D eigenvalue weighted by Gasteiger charge is -2.09. The first-order valence-electron chi connectivity index (χ1n) is 5.38. The minimum Gasteiger partial charge on any atom is -0.478 e. The summed E-state index contributed by atoms with van der Waals surface area (Å²) in [5.41, 5.74) is 12.1. The molecular weight excluding hydrogens is 246 g/mol. The van der Waals surface area contributed by atoms with E-state index in [1.165, 1.54) is 18.2 Å². The number of hydrogen-bond donors (Lipinski definition) is 3. The van der Waals surface area contributed by atoms with Crippen LogP contribution in [-0.4, -0.2) is 22.3 Å². The van der Waals surface area contributed by atoms with Crippen molar-refractivity contribution >= 4 is 23.9 Å². The summed E-state index contributed by atoms with van der Waals surface area (Å²) in [6.07, 6.45) is 0.501. The predicted octanol–water partition coefficient (Wildman–Crippen LogP) is 1.42. The number of hydrogen-bond acceptors (Lipinski definition) is 5. The van der Waals surface area contributed by atoms with Crippen molar-refractivity contribution in [1.82, 2.24) is 4.98 Å². The summed E-state index contributed by atoms with van der Waals surface area (Å²) in [5, 5.41) is 9.24. The molecule has 0 atom stereocenters. The van der Waals surface area contributed by atoms with Gasteiger partial charge in [0.25, 0.3) is 0 Å². The number of carbonyl (C=O) groups is 2. The Labute approximate surface area is 108 Å². The molecule has 0 saturated carbocycles. The van der Waals surface area contributed by atoms with Crippen LogP contribution in [-0.2, 0) is 0 Å². The summed E-state index contributed by atoms with van der Waals surface area (Å²) in [7, 11) is 0. The van der Waals surface area contributed by atoms with Gasteiger partial charge in [0.05, 0.1) is 5.56 Å². The second kappa shape index (κ2) is 4.77. The van der Waals surface area contributed by atoms with Gasteiger partial charge in [0.15, 0.2) is 6.29 Å². The van der Waals surface area contributed by atoms with E-state index in [0.717, 1.165) is 0 Å². The number of nitrogens with two attached hydrogens (primary N) is 2. The number of carboxylic acids is 1. The highest BCUT2D eigenvalue weighted by atomic mass is 16.4. The highest BCUT2D eigenvalue weighted by Gasteiger charge is 2.16. The first-order chi connectivity index (χ1) is 9.02. The molecule has 0 aliphatic carbocycles. The van der Waals surface area contributed by atoms with E-state index in [2.05, 4.69) is 4.98 Å². The maximum absolute atomic E-state index is 11.3. The SMILES string of the molecule is Nc1cc(-c2cccc(C=O)c2C(=O)O)cc(N)n1. The zero-order valence-corrected chi connectivity index (χ0v) is 9.83. The number of carbonyl (C=O) groups excluding carboxylic acids is 1. The van der Waals surface area contributed by atoms with Gasteiger partial charge < -0.3 is 16.6 Å². The zero-order valence-electron chi connectivity index (χ0n) is 9.83. The average molecular weight is 257 g/mol. The van der Waals surface area contributed by atoms with E-state index in [-0.39, 0.29) is 22.8 Å². The molecule has 96 valence electrons. The Morgan fingerprint density at radius 3 is 2.37 bits per heavy atom. The molecular formula is C13H11N3O3. The number of aldehydes is 1. The lowest BCUT2D eigenvalue weighted by molar-refractivity contribution is 0.0695. The van der Waals surface area contributed by atoms with Gasteiger partial charge in [0, 0.05) is 5.56 Å². The molecule has 0 aliphatic rings. The van der Waals surface area contributed by atoms with Gasteiger partial charge in [0.1, 0.15) is 11.6 Å². The summed E-state index contributed by atoms with van der Waals surface area (Å²) >= 11 is 0. The van der Waals surface area contributed by atoms with Crippen LogP contribution in [0.15, 0.2) is 30.3 Å². The number of rotatable bonds is 3. The van der Waals surface area contributed by atoms with Crippen LogP contribution in [0.5, 0.6) is 0 Å². The van der Waals surface area contributed by atoms with E-state index in [1.54, 1.807) is 12.1 Å². The predicted molar refractivity (Wildman–Crippen MR) is 70.8 cm³/mol. The van der Waals surface area contributed by atoms with Crippen LogP contribution in [0.2, 0.25) is 0 Å². The molecule has 0 radical (unpaired) electrons. The summed E-state index contributed by atoms with van der Waals surface area (Å²) in [6, 6.07) is 7.64. The second-order valence-corrected chi connectivity index (χ2v) is 3.90. The number of pyridine rings is 1. The van der Waals surface area contributed by atoms with Crippen LogP contribution in [0.4, 0.5) is 11.6 Å². The van der Waals surface area contributed by atoms with E-state index >= 15 is 0 Å². The first kappa shape index (κ1) is 12.6. The highest BCUT2D eigenvalue weighted by molar-refractivity contribution is 6.03. The van der Waals surface area contributed by atoms with Crippen molar-refractivity contribution < 1.29 is 14.7 Å². The number of nitrogens with zero attached hydrogens (tertiary/aromatic N) is 1. The molecule has 1 aromatic carbocycles. The Hall–Kier alpha value is -2.89. The Balaban J connectivity index is 2.74. The van der Waals surface area contributed by atoms with Gasteiger partial charge in [-0.15, -0.1) is 0 Å². The monoisotopic (exact) mass is 257 g/mol. The fourth-order valence-electron chi connectivity index (χ4n) is 1.88. The zero-order chi connectivity index (χ0) is 14.0. The molecule has 0 aliphatic heterocycles. The number of benzene rings is 1. The number of carboxylic acid groups (broad SMARTS) is 1. The van der Waals surface area contributed by atoms with Crippen LogP contribution < -0.4 is 11.5 Å². The van der Waals surface area contributed by atoms with Crippen molar-refractivity contribution in [1.29, 1.82) is 0 Å². The normalized spacial score (nSPS) is 10.1. The van der Waals surface area contributed by atoms with Crippen LogP contribution in [0.3, 0.4) is 0 Å². The van der Waals surface area contributed by atoms with Gasteiger partial charge in [0.2, 0.25) is 0 Å². The molecule has 6 nitrogen and oxygen atoms in total. The van der Waals surface area contributed by atoms with Gasteiger partial charge in [-0.05, 0) is 23.3 Å². The Morgan fingerprint density at radius 1 is 1.21 bits per heavy atom. The highest BCUT2D eigenvalue weighted by Crippen LogP contribution is 2.28. The third-order valence-electron chi connectivity index (χ3n) is 2.61. The summed E-state index contributed by atoms with van der Waals surface area (Å²) < 4.78 is 0. The van der Waals surface area contributed by atoms with Crippen LogP contribution in [0, 0.1) is 0 Å². The first-order valence-corrected chi connectivity index (χ1v) is 5.38. The van der Waals surface area contributed by atoms with Crippen LogP contribution >= 0.6 is 0 Å². The molecule has 1 heterocycles. The summed E-state index contributed by atoms with van der Waals surface area (Å²) in [5.74, 6) is -0.822. The van der Waals surface area contributed by atoms with Gasteiger partial charge in [-0.1, -0.05) is 18.2 Å². The van der Waals surface area contributed by atoms with Gasteiger partial charge in [-0.2, -0.15) is 0 Å². The molecule has 2 aromatic rings. The summed E-state index contributed by atoms with van der Waals surface area (Å²) in [6.45, 7) is 0. The topological polar surface area (TPSA) is 119 Å². The number of anilines is 2. The quantitative estimate of drug-likeness (QED) is 0.715. The maximum Gasteiger partial charge on any atom is 0.337 e. The molecule has 0 unspecified atom stereocenters. The second-order valence-electron chi connectivity index (χ2n) is 3.90. The smallest absolute Gasteiger partial charge is 0.337 e. The van der Waals surface area contributed by atoms with Crippen molar-refractivity contribution in [3.05, 3.63) is 41.5 Å². The molecule has 0 fully saturated rings. The molecule has 0 saturated heterocycles. The van der Waals surface area contributed by atoms with Crippen molar-refractivity contribution in [3.8, 4) is 11.1 Å². The fourth-order valence-corrected chi connectivity index (χ4v) is 1.88. The molecule has 1 aromatic heterocycles. The minimum atomic E-state index is -1.19. The average Bonchev–Trinajstić information content (AvgIpc) is 2.36. The molecule has 0 amide bonds. The molecule has 2 rings (SSSR count). The Bertz CT molecular complexity index is 648. The molecule has 0 bridgehead atoms. The van der Waals surface area contributed by atoms with Gasteiger partial charge in [-0.25, -0.2) is 9.78 Å². The van der Waals surface area contributed by atoms with Crippen LogP contribution in [0.25, 0.3) is 11.1 Å². The lowest BCUT2D eigenvalue weighted by atomic mass is 9.96. The standard InChI is InChI=1S/C13H11N3O3/c14-10-4-8(5-11(15)16-10)9-3-1-2-7(6-17)12(9)13(18)19/h1-6H,(H,18,19)(H4,14,15,16). The Morgan fingerprint density at radius 2 is 1.84 bits per heavy atom. The molecule has 0 spiro atoms. The largest absolute Gasteiger partial charge is 0.478 e. The summed E-state index contributed by atoms with van der Waals surface area (Å²) in [4.78, 5) is 26.0.